The van der Waals surface area contributed by atoms with Crippen LogP contribution in [0.2, 0.25) is 0 Å². The van der Waals surface area contributed by atoms with Crippen molar-refractivity contribution >= 4 is 27.9 Å². The van der Waals surface area contributed by atoms with Crippen molar-refractivity contribution in [3.8, 4) is 0 Å². The van der Waals surface area contributed by atoms with Gasteiger partial charge in [0.05, 0.1) is 5.92 Å². The van der Waals surface area contributed by atoms with E-state index in [1.807, 2.05) is 38.1 Å². The van der Waals surface area contributed by atoms with Gasteiger partial charge in [-0.2, -0.15) is 0 Å². The van der Waals surface area contributed by atoms with Crippen LogP contribution in [0.25, 0.3) is 0 Å². The standard InChI is InChI=1S/C18H23BrO4/c1-11(2)8-14(12-6-5-7-13(19)9-12)16(20)23-15-17(21)22-10-18(15,3)4/h5-7,9,11,14-15H,8,10H2,1-4H3/t14-,15-/m0/s1. The third kappa shape index (κ3) is 4.34. The van der Waals surface area contributed by atoms with E-state index in [0.717, 1.165) is 10.0 Å². The second-order valence-electron chi connectivity index (χ2n) is 7.15. The number of halogens is 1. The van der Waals surface area contributed by atoms with Gasteiger partial charge in [0.2, 0.25) is 6.10 Å². The molecule has 0 radical (unpaired) electrons. The monoisotopic (exact) mass is 382 g/mol. The van der Waals surface area contributed by atoms with E-state index in [-0.39, 0.29) is 12.6 Å². The number of cyclic esters (lactones) is 1. The van der Waals surface area contributed by atoms with Gasteiger partial charge < -0.3 is 9.47 Å². The summed E-state index contributed by atoms with van der Waals surface area (Å²) in [5.74, 6) is -0.888. The molecule has 0 aliphatic carbocycles. The van der Waals surface area contributed by atoms with Crippen LogP contribution in [0.15, 0.2) is 28.7 Å². The zero-order chi connectivity index (χ0) is 17.2. The van der Waals surface area contributed by atoms with Gasteiger partial charge in [-0.05, 0) is 30.0 Å². The first kappa shape index (κ1) is 18.0. The van der Waals surface area contributed by atoms with Gasteiger partial charge in [0.15, 0.2) is 0 Å². The van der Waals surface area contributed by atoms with E-state index < -0.39 is 23.4 Å². The molecule has 2 atom stereocenters. The first-order valence-corrected chi connectivity index (χ1v) is 8.62. The van der Waals surface area contributed by atoms with Crippen molar-refractivity contribution in [3.63, 3.8) is 0 Å². The molecule has 1 saturated heterocycles. The molecule has 0 amide bonds. The van der Waals surface area contributed by atoms with Gasteiger partial charge in [-0.15, -0.1) is 0 Å². The van der Waals surface area contributed by atoms with E-state index in [9.17, 15) is 9.59 Å². The first-order valence-electron chi connectivity index (χ1n) is 7.83. The molecule has 126 valence electrons. The normalized spacial score (nSPS) is 21.1. The summed E-state index contributed by atoms with van der Waals surface area (Å²) in [6, 6.07) is 7.65. The van der Waals surface area contributed by atoms with Crippen molar-refractivity contribution in [1.29, 1.82) is 0 Å². The minimum Gasteiger partial charge on any atom is -0.462 e. The molecule has 4 nitrogen and oxygen atoms in total. The van der Waals surface area contributed by atoms with Crippen molar-refractivity contribution in [2.75, 3.05) is 6.61 Å². The Bertz CT molecular complexity index is 594. The van der Waals surface area contributed by atoms with Crippen LogP contribution >= 0.6 is 15.9 Å². The fourth-order valence-corrected chi connectivity index (χ4v) is 3.11. The summed E-state index contributed by atoms with van der Waals surface area (Å²) in [7, 11) is 0. The zero-order valence-electron chi connectivity index (χ0n) is 14.0. The molecule has 0 N–H and O–H groups in total. The number of ether oxygens (including phenoxy) is 2. The molecule has 1 aromatic carbocycles. The molecule has 0 bridgehead atoms. The Balaban J connectivity index is 2.22. The highest BCUT2D eigenvalue weighted by Gasteiger charge is 2.47. The lowest BCUT2D eigenvalue weighted by atomic mass is 9.88. The van der Waals surface area contributed by atoms with Crippen LogP contribution in [0.1, 0.15) is 45.6 Å². The number of hydrogen-bond donors (Lipinski definition) is 0. The second-order valence-corrected chi connectivity index (χ2v) is 8.07. The number of hydrogen-bond acceptors (Lipinski definition) is 4. The van der Waals surface area contributed by atoms with E-state index in [1.165, 1.54) is 0 Å². The Morgan fingerprint density at radius 3 is 2.65 bits per heavy atom. The van der Waals surface area contributed by atoms with Gasteiger partial charge in [-0.3, -0.25) is 4.79 Å². The van der Waals surface area contributed by atoms with E-state index in [0.29, 0.717) is 12.3 Å². The predicted octanol–water partition coefficient (Wildman–Crippen LogP) is 4.07. The average Bonchev–Trinajstić information content (AvgIpc) is 2.71. The van der Waals surface area contributed by atoms with Crippen LogP contribution in [0.5, 0.6) is 0 Å². The molecular formula is C18H23BrO4. The highest BCUT2D eigenvalue weighted by Crippen LogP contribution is 2.34. The lowest BCUT2D eigenvalue weighted by Gasteiger charge is -2.25. The van der Waals surface area contributed by atoms with E-state index in [4.69, 9.17) is 9.47 Å². The van der Waals surface area contributed by atoms with Gasteiger partial charge in [0.25, 0.3) is 0 Å². The van der Waals surface area contributed by atoms with Crippen LogP contribution in [0.3, 0.4) is 0 Å². The highest BCUT2D eigenvalue weighted by molar-refractivity contribution is 9.10. The fourth-order valence-electron chi connectivity index (χ4n) is 2.70. The molecule has 2 rings (SSSR count). The maximum atomic E-state index is 12.7. The highest BCUT2D eigenvalue weighted by atomic mass is 79.9. The minimum atomic E-state index is -0.836. The van der Waals surface area contributed by atoms with E-state index in [1.54, 1.807) is 0 Å². The van der Waals surface area contributed by atoms with Crippen LogP contribution in [0, 0.1) is 11.3 Å². The third-order valence-corrected chi connectivity index (χ3v) is 4.48. The summed E-state index contributed by atoms with van der Waals surface area (Å²) in [5, 5.41) is 0. The topological polar surface area (TPSA) is 52.6 Å². The van der Waals surface area contributed by atoms with Crippen LogP contribution in [-0.2, 0) is 19.1 Å². The second kappa shape index (κ2) is 7.04. The van der Waals surface area contributed by atoms with Crippen LogP contribution in [0.4, 0.5) is 0 Å². The average molecular weight is 383 g/mol. The molecule has 0 aromatic heterocycles. The van der Waals surface area contributed by atoms with E-state index >= 15 is 0 Å². The number of rotatable bonds is 5. The molecule has 0 unspecified atom stereocenters. The molecule has 5 heteroatoms. The Kier molecular flexibility index (Phi) is 5.50. The Morgan fingerprint density at radius 2 is 2.13 bits per heavy atom. The maximum absolute atomic E-state index is 12.7. The first-order chi connectivity index (χ1) is 10.7. The maximum Gasteiger partial charge on any atom is 0.348 e. The number of esters is 2. The minimum absolute atomic E-state index is 0.273. The van der Waals surface area contributed by atoms with E-state index in [2.05, 4.69) is 29.8 Å². The van der Waals surface area contributed by atoms with Gasteiger partial charge >= 0.3 is 11.9 Å². The van der Waals surface area contributed by atoms with Crippen LogP contribution in [-0.4, -0.2) is 24.6 Å². The molecule has 0 saturated carbocycles. The Hall–Kier alpha value is -1.36. The number of carbonyl (C=O) groups excluding carboxylic acids is 2. The van der Waals surface area contributed by atoms with Gasteiger partial charge in [-0.25, -0.2) is 4.79 Å². The van der Waals surface area contributed by atoms with Gasteiger partial charge in [-0.1, -0.05) is 55.8 Å². The fraction of sp³-hybridized carbons (Fsp3) is 0.556. The molecule has 0 spiro atoms. The lowest BCUT2D eigenvalue weighted by molar-refractivity contribution is -0.164. The quantitative estimate of drug-likeness (QED) is 0.720. The Labute approximate surface area is 145 Å². The molecular weight excluding hydrogens is 360 g/mol. The summed E-state index contributed by atoms with van der Waals surface area (Å²) < 4.78 is 11.5. The summed E-state index contributed by atoms with van der Waals surface area (Å²) in [6.07, 6.45) is -0.172. The molecule has 1 aliphatic heterocycles. The van der Waals surface area contributed by atoms with Crippen LogP contribution < -0.4 is 0 Å². The Morgan fingerprint density at radius 1 is 1.43 bits per heavy atom. The van der Waals surface area contributed by atoms with Crippen molar-refractivity contribution in [1.82, 2.24) is 0 Å². The van der Waals surface area contributed by atoms with Gasteiger partial charge in [0, 0.05) is 9.89 Å². The van der Waals surface area contributed by atoms with Crippen molar-refractivity contribution in [3.05, 3.63) is 34.3 Å². The third-order valence-electron chi connectivity index (χ3n) is 3.99. The van der Waals surface area contributed by atoms with Crippen molar-refractivity contribution < 1.29 is 19.1 Å². The molecule has 1 aromatic rings. The number of carbonyl (C=O) groups is 2. The SMILES string of the molecule is CC(C)C[C@H](C(=O)O[C@H]1C(=O)OCC1(C)C)c1cccc(Br)c1. The molecule has 1 fully saturated rings. The smallest absolute Gasteiger partial charge is 0.348 e. The van der Waals surface area contributed by atoms with Gasteiger partial charge in [0.1, 0.15) is 6.61 Å². The lowest BCUT2D eigenvalue weighted by Crippen LogP contribution is -2.36. The molecule has 23 heavy (non-hydrogen) atoms. The van der Waals surface area contributed by atoms with Crippen molar-refractivity contribution in [2.45, 2.75) is 46.1 Å². The number of benzene rings is 1. The predicted molar refractivity (Wildman–Crippen MR) is 91.0 cm³/mol. The summed E-state index contributed by atoms with van der Waals surface area (Å²) >= 11 is 3.44. The largest absolute Gasteiger partial charge is 0.462 e. The summed E-state index contributed by atoms with van der Waals surface area (Å²) in [6.45, 7) is 8.13. The zero-order valence-corrected chi connectivity index (χ0v) is 15.6. The molecule has 1 aliphatic rings. The van der Waals surface area contributed by atoms with Crippen molar-refractivity contribution in [2.24, 2.45) is 11.3 Å². The summed E-state index contributed by atoms with van der Waals surface area (Å²) in [4.78, 5) is 24.6. The molecule has 1 heterocycles. The summed E-state index contributed by atoms with van der Waals surface area (Å²) in [5.41, 5.74) is 0.397.